The number of aromatic nitrogens is 1. The van der Waals surface area contributed by atoms with Crippen molar-refractivity contribution in [3.63, 3.8) is 0 Å². The van der Waals surface area contributed by atoms with Crippen LogP contribution in [0.3, 0.4) is 0 Å². The number of rotatable bonds is 6. The van der Waals surface area contributed by atoms with Crippen LogP contribution in [0.15, 0.2) is 41.5 Å². The molecule has 1 aromatic heterocycles. The third kappa shape index (κ3) is 5.51. The van der Waals surface area contributed by atoms with E-state index in [1.807, 2.05) is 39.0 Å². The second-order valence-electron chi connectivity index (χ2n) is 9.78. The molecule has 0 saturated carbocycles. The first kappa shape index (κ1) is 25.2. The first-order valence-electron chi connectivity index (χ1n) is 11.6. The molecule has 1 unspecified atom stereocenters. The molecular weight excluding hydrogens is 473 g/mol. The molecule has 1 aromatic carbocycles. The lowest BCUT2D eigenvalue weighted by molar-refractivity contribution is -0.136. The standard InChI is InChI=1S/C25H31ClFN5O3/c1-15(27)35-20-9-8-16(14-29-20)30-19-7-5-6-18(22(19)26)25(4)13-21(33)32(23(28)31-25)17-10-11-34-24(2,3)12-17/h5-9,14-15,17,30H,10-13H2,1-4H3,(H2,28,31)/t15?,17-,25-/m0/s1. The molecule has 3 N–H and O–H groups in total. The van der Waals surface area contributed by atoms with Crippen molar-refractivity contribution in [3.05, 3.63) is 47.1 Å². The maximum Gasteiger partial charge on any atom is 0.237 e. The molecule has 1 saturated heterocycles. The quantitative estimate of drug-likeness (QED) is 0.581. The fourth-order valence-electron chi connectivity index (χ4n) is 4.71. The lowest BCUT2D eigenvalue weighted by Gasteiger charge is -2.44. The summed E-state index contributed by atoms with van der Waals surface area (Å²) in [7, 11) is 0. The molecule has 35 heavy (non-hydrogen) atoms. The van der Waals surface area contributed by atoms with Gasteiger partial charge in [0, 0.05) is 31.2 Å². The van der Waals surface area contributed by atoms with Crippen molar-refractivity contribution in [2.24, 2.45) is 10.7 Å². The van der Waals surface area contributed by atoms with Gasteiger partial charge < -0.3 is 20.5 Å². The highest BCUT2D eigenvalue weighted by Gasteiger charge is 2.43. The number of guanidine groups is 1. The zero-order valence-corrected chi connectivity index (χ0v) is 21.1. The predicted octanol–water partition coefficient (Wildman–Crippen LogP) is 4.89. The predicted molar refractivity (Wildman–Crippen MR) is 134 cm³/mol. The Morgan fingerprint density at radius 2 is 2.09 bits per heavy atom. The molecule has 4 rings (SSSR count). The third-order valence-electron chi connectivity index (χ3n) is 6.29. The zero-order valence-electron chi connectivity index (χ0n) is 20.3. The summed E-state index contributed by atoms with van der Waals surface area (Å²) in [6, 6.07) is 8.73. The van der Waals surface area contributed by atoms with Crippen molar-refractivity contribution >= 4 is 34.8 Å². The van der Waals surface area contributed by atoms with Gasteiger partial charge in [-0.3, -0.25) is 9.69 Å². The Morgan fingerprint density at radius 1 is 1.31 bits per heavy atom. The fraction of sp³-hybridized carbons (Fsp3) is 0.480. The lowest BCUT2D eigenvalue weighted by atomic mass is 9.85. The van der Waals surface area contributed by atoms with E-state index in [0.717, 1.165) is 0 Å². The van der Waals surface area contributed by atoms with Gasteiger partial charge in [0.05, 0.1) is 40.2 Å². The highest BCUT2D eigenvalue weighted by molar-refractivity contribution is 6.34. The number of alkyl halides is 1. The first-order chi connectivity index (χ1) is 16.5. The Morgan fingerprint density at radius 3 is 2.71 bits per heavy atom. The summed E-state index contributed by atoms with van der Waals surface area (Å²) < 4.78 is 23.8. The number of aliphatic imine (C=N–C) groups is 1. The molecule has 2 aliphatic heterocycles. The Hall–Kier alpha value is -2.91. The Labute approximate surface area is 209 Å². The molecule has 8 nitrogen and oxygen atoms in total. The number of ether oxygens (including phenoxy) is 2. The summed E-state index contributed by atoms with van der Waals surface area (Å²) in [5, 5.41) is 3.64. The topological polar surface area (TPSA) is 102 Å². The number of pyridine rings is 1. The van der Waals surface area contributed by atoms with Gasteiger partial charge in [0.1, 0.15) is 0 Å². The van der Waals surface area contributed by atoms with Gasteiger partial charge in [0.15, 0.2) is 5.96 Å². The van der Waals surface area contributed by atoms with Crippen LogP contribution < -0.4 is 15.8 Å². The Kier molecular flexibility index (Phi) is 6.92. The van der Waals surface area contributed by atoms with Gasteiger partial charge in [-0.25, -0.2) is 14.4 Å². The molecule has 2 aliphatic rings. The van der Waals surface area contributed by atoms with Crippen LogP contribution in [0.1, 0.15) is 52.5 Å². The molecule has 3 heterocycles. The molecule has 0 bridgehead atoms. The normalized spacial score (nSPS) is 25.1. The number of amides is 1. The smallest absolute Gasteiger partial charge is 0.237 e. The van der Waals surface area contributed by atoms with Crippen molar-refractivity contribution in [1.29, 1.82) is 0 Å². The molecular formula is C25H31ClFN5O3. The van der Waals surface area contributed by atoms with Crippen LogP contribution in [-0.2, 0) is 15.1 Å². The highest BCUT2D eigenvalue weighted by Crippen LogP contribution is 2.42. The maximum absolute atomic E-state index is 13.3. The molecule has 1 fully saturated rings. The monoisotopic (exact) mass is 503 g/mol. The van der Waals surface area contributed by atoms with Crippen LogP contribution >= 0.6 is 11.6 Å². The summed E-state index contributed by atoms with van der Waals surface area (Å²) in [6.45, 7) is 7.75. The largest absolute Gasteiger partial charge is 0.444 e. The van der Waals surface area contributed by atoms with E-state index < -0.39 is 11.9 Å². The number of anilines is 2. The number of benzene rings is 1. The number of carbonyl (C=O) groups is 1. The molecule has 10 heteroatoms. The number of nitrogens with two attached hydrogens (primary N) is 1. The van der Waals surface area contributed by atoms with E-state index in [1.165, 1.54) is 13.1 Å². The van der Waals surface area contributed by atoms with E-state index in [-0.39, 0.29) is 35.8 Å². The van der Waals surface area contributed by atoms with E-state index in [4.69, 9.17) is 31.8 Å². The summed E-state index contributed by atoms with van der Waals surface area (Å²) >= 11 is 6.79. The van der Waals surface area contributed by atoms with Gasteiger partial charge in [0.2, 0.25) is 18.1 Å². The number of halogens is 2. The molecule has 1 amide bonds. The van der Waals surface area contributed by atoms with Crippen molar-refractivity contribution in [3.8, 4) is 5.88 Å². The molecule has 188 valence electrons. The third-order valence-corrected chi connectivity index (χ3v) is 6.69. The van der Waals surface area contributed by atoms with Crippen LogP contribution in [0.25, 0.3) is 0 Å². The summed E-state index contributed by atoms with van der Waals surface area (Å²) in [5.41, 5.74) is 7.08. The number of hydrogen-bond donors (Lipinski definition) is 2. The molecule has 0 spiro atoms. The Balaban J connectivity index is 1.58. The number of carbonyl (C=O) groups excluding carboxylic acids is 1. The minimum Gasteiger partial charge on any atom is -0.444 e. The van der Waals surface area contributed by atoms with E-state index >= 15 is 0 Å². The minimum absolute atomic E-state index is 0.0529. The van der Waals surface area contributed by atoms with Crippen molar-refractivity contribution in [2.45, 2.75) is 70.5 Å². The van der Waals surface area contributed by atoms with Crippen molar-refractivity contribution in [1.82, 2.24) is 9.88 Å². The van der Waals surface area contributed by atoms with Gasteiger partial charge in [-0.05, 0) is 45.7 Å². The van der Waals surface area contributed by atoms with Gasteiger partial charge in [-0.1, -0.05) is 23.7 Å². The maximum atomic E-state index is 13.3. The van der Waals surface area contributed by atoms with Gasteiger partial charge >= 0.3 is 0 Å². The first-order valence-corrected chi connectivity index (χ1v) is 12.0. The highest BCUT2D eigenvalue weighted by atomic mass is 35.5. The average Bonchev–Trinajstić information content (AvgIpc) is 2.75. The Bertz CT molecular complexity index is 1120. The SMILES string of the molecule is CC(F)Oc1ccc(Nc2cccc([C@]3(C)CC(=O)N([C@H]4CCOC(C)(C)C4)C(N)=N3)c2Cl)cn1. The number of nitrogens with zero attached hydrogens (tertiary/aromatic N) is 3. The fourth-order valence-corrected chi connectivity index (χ4v) is 5.09. The van der Waals surface area contributed by atoms with Crippen molar-refractivity contribution in [2.75, 3.05) is 11.9 Å². The average molecular weight is 504 g/mol. The van der Waals surface area contributed by atoms with Crippen LogP contribution in [0.2, 0.25) is 5.02 Å². The number of nitrogens with one attached hydrogen (secondary N) is 1. The van der Waals surface area contributed by atoms with E-state index in [1.54, 1.807) is 17.0 Å². The molecule has 2 aromatic rings. The van der Waals surface area contributed by atoms with Crippen LogP contribution in [0.5, 0.6) is 5.88 Å². The molecule has 3 atom stereocenters. The minimum atomic E-state index is -1.45. The lowest BCUT2D eigenvalue weighted by Crippen LogP contribution is -2.57. The summed E-state index contributed by atoms with van der Waals surface area (Å²) in [6.07, 6.45) is 1.62. The van der Waals surface area contributed by atoms with Gasteiger partial charge in [-0.15, -0.1) is 0 Å². The van der Waals surface area contributed by atoms with Crippen molar-refractivity contribution < 1.29 is 18.7 Å². The van der Waals surface area contributed by atoms with Crippen LogP contribution in [-0.4, -0.2) is 46.4 Å². The second kappa shape index (κ2) is 9.62. The summed E-state index contributed by atoms with van der Waals surface area (Å²) in [5.74, 6) is 0.294. The second-order valence-corrected chi connectivity index (χ2v) is 10.2. The van der Waals surface area contributed by atoms with Crippen LogP contribution in [0.4, 0.5) is 15.8 Å². The van der Waals surface area contributed by atoms with Crippen LogP contribution in [0, 0.1) is 0 Å². The van der Waals surface area contributed by atoms with Gasteiger partial charge in [-0.2, -0.15) is 0 Å². The van der Waals surface area contributed by atoms with E-state index in [9.17, 15) is 9.18 Å². The number of hydrogen-bond acceptors (Lipinski definition) is 7. The van der Waals surface area contributed by atoms with E-state index in [0.29, 0.717) is 41.4 Å². The summed E-state index contributed by atoms with van der Waals surface area (Å²) in [4.78, 5) is 23.8. The zero-order chi connectivity index (χ0) is 25.4. The molecule has 0 radical (unpaired) electrons. The molecule has 0 aliphatic carbocycles. The van der Waals surface area contributed by atoms with E-state index in [2.05, 4.69) is 10.3 Å². The van der Waals surface area contributed by atoms with Gasteiger partial charge in [0.25, 0.3) is 0 Å².